The SMILES string of the molecule is Cc1ccc(Br)nc1NC(=O)[C@@H]1C[C@@](C)(F)CN1.Cl. The average Bonchev–Trinajstić information content (AvgIpc) is 2.64. The van der Waals surface area contributed by atoms with Gasteiger partial charge in [-0.05, 0) is 41.4 Å². The fourth-order valence-corrected chi connectivity index (χ4v) is 2.24. The Hall–Kier alpha value is -0.720. The van der Waals surface area contributed by atoms with E-state index in [0.717, 1.165) is 5.56 Å². The van der Waals surface area contributed by atoms with Crippen LogP contribution >= 0.6 is 28.3 Å². The Balaban J connectivity index is 0.00000180. The molecule has 1 amide bonds. The number of aromatic nitrogens is 1. The maximum absolute atomic E-state index is 13.6. The van der Waals surface area contributed by atoms with Crippen molar-refractivity contribution in [3.05, 3.63) is 22.3 Å². The predicted molar refractivity (Wildman–Crippen MR) is 78.5 cm³/mol. The second-order valence-corrected chi connectivity index (χ2v) is 5.65. The molecule has 7 heteroatoms. The van der Waals surface area contributed by atoms with Crippen molar-refractivity contribution in [2.24, 2.45) is 0 Å². The minimum atomic E-state index is -1.32. The van der Waals surface area contributed by atoms with E-state index in [1.165, 1.54) is 6.92 Å². The van der Waals surface area contributed by atoms with Crippen LogP contribution in [0, 0.1) is 6.92 Å². The summed E-state index contributed by atoms with van der Waals surface area (Å²) in [5.74, 6) is 0.258. The molecule has 1 aliphatic rings. The van der Waals surface area contributed by atoms with Gasteiger partial charge in [-0.15, -0.1) is 12.4 Å². The zero-order valence-corrected chi connectivity index (χ0v) is 13.1. The summed E-state index contributed by atoms with van der Waals surface area (Å²) >= 11 is 3.25. The van der Waals surface area contributed by atoms with Crippen LogP contribution in [0.4, 0.5) is 10.2 Å². The Morgan fingerprint density at radius 3 is 2.89 bits per heavy atom. The summed E-state index contributed by atoms with van der Waals surface area (Å²) in [6.45, 7) is 3.56. The molecule has 0 radical (unpaired) electrons. The summed E-state index contributed by atoms with van der Waals surface area (Å²) < 4.78 is 14.3. The van der Waals surface area contributed by atoms with Crippen molar-refractivity contribution in [2.45, 2.75) is 32.0 Å². The number of nitrogens with zero attached hydrogens (tertiary/aromatic N) is 1. The standard InChI is InChI=1S/C12H15BrFN3O.ClH/c1-7-3-4-9(13)16-10(7)17-11(18)8-5-12(2,14)6-15-8;/h3-4,8,15H,5-6H2,1-2H3,(H,16,17,18);1H/t8-,12+;/m0./s1. The highest BCUT2D eigenvalue weighted by molar-refractivity contribution is 9.10. The van der Waals surface area contributed by atoms with Gasteiger partial charge in [0.15, 0.2) is 0 Å². The van der Waals surface area contributed by atoms with Crippen LogP contribution in [0.1, 0.15) is 18.9 Å². The van der Waals surface area contributed by atoms with E-state index in [9.17, 15) is 9.18 Å². The van der Waals surface area contributed by atoms with Crippen LogP contribution in [0.15, 0.2) is 16.7 Å². The third-order valence-electron chi connectivity index (χ3n) is 2.97. The Morgan fingerprint density at radius 1 is 1.63 bits per heavy atom. The number of hydrogen-bond acceptors (Lipinski definition) is 3. The van der Waals surface area contributed by atoms with Gasteiger partial charge in [0, 0.05) is 13.0 Å². The number of rotatable bonds is 2. The second-order valence-electron chi connectivity index (χ2n) is 4.84. The number of alkyl halides is 1. The van der Waals surface area contributed by atoms with E-state index >= 15 is 0 Å². The van der Waals surface area contributed by atoms with E-state index < -0.39 is 11.7 Å². The number of pyridine rings is 1. The lowest BCUT2D eigenvalue weighted by Gasteiger charge is -2.13. The molecule has 19 heavy (non-hydrogen) atoms. The number of halogens is 3. The first kappa shape index (κ1) is 16.3. The lowest BCUT2D eigenvalue weighted by molar-refractivity contribution is -0.118. The van der Waals surface area contributed by atoms with Crippen molar-refractivity contribution in [3.63, 3.8) is 0 Å². The third-order valence-corrected chi connectivity index (χ3v) is 3.41. The first-order valence-electron chi connectivity index (χ1n) is 5.74. The van der Waals surface area contributed by atoms with Gasteiger partial charge in [-0.25, -0.2) is 9.37 Å². The smallest absolute Gasteiger partial charge is 0.242 e. The summed E-state index contributed by atoms with van der Waals surface area (Å²) in [7, 11) is 0. The van der Waals surface area contributed by atoms with Gasteiger partial charge in [0.1, 0.15) is 16.1 Å². The molecule has 1 aromatic rings. The quantitative estimate of drug-likeness (QED) is 0.805. The molecular formula is C12H16BrClFN3O. The normalized spacial score (nSPS) is 25.8. The van der Waals surface area contributed by atoms with E-state index in [-0.39, 0.29) is 31.3 Å². The van der Waals surface area contributed by atoms with Gasteiger partial charge in [0.05, 0.1) is 6.04 Å². The Labute approximate surface area is 126 Å². The largest absolute Gasteiger partial charge is 0.309 e. The van der Waals surface area contributed by atoms with Crippen LogP contribution in [0.2, 0.25) is 0 Å². The fraction of sp³-hybridized carbons (Fsp3) is 0.500. The molecule has 0 aromatic carbocycles. The summed E-state index contributed by atoms with van der Waals surface area (Å²) in [5.41, 5.74) is -0.450. The highest BCUT2D eigenvalue weighted by Crippen LogP contribution is 2.24. The van der Waals surface area contributed by atoms with Gasteiger partial charge in [-0.3, -0.25) is 4.79 Å². The average molecular weight is 353 g/mol. The molecule has 2 heterocycles. The molecule has 0 bridgehead atoms. The number of hydrogen-bond donors (Lipinski definition) is 2. The molecule has 1 fully saturated rings. The first-order chi connectivity index (χ1) is 8.37. The van der Waals surface area contributed by atoms with Crippen LogP contribution in [0.5, 0.6) is 0 Å². The Morgan fingerprint density at radius 2 is 2.32 bits per heavy atom. The van der Waals surface area contributed by atoms with Crippen molar-refractivity contribution in [1.29, 1.82) is 0 Å². The molecule has 2 N–H and O–H groups in total. The minimum Gasteiger partial charge on any atom is -0.309 e. The zero-order chi connectivity index (χ0) is 13.3. The summed E-state index contributed by atoms with van der Waals surface area (Å²) in [6, 6.07) is 3.16. The lowest BCUT2D eigenvalue weighted by Crippen LogP contribution is -2.35. The molecule has 4 nitrogen and oxygen atoms in total. The predicted octanol–water partition coefficient (Wildman–Crippen LogP) is 2.60. The molecule has 2 rings (SSSR count). The number of anilines is 1. The zero-order valence-electron chi connectivity index (χ0n) is 10.7. The van der Waals surface area contributed by atoms with Crippen LogP contribution in [-0.4, -0.2) is 29.1 Å². The molecule has 0 unspecified atom stereocenters. The maximum Gasteiger partial charge on any atom is 0.242 e. The molecular weight excluding hydrogens is 337 g/mol. The van der Waals surface area contributed by atoms with Gasteiger partial charge in [0.2, 0.25) is 5.91 Å². The van der Waals surface area contributed by atoms with Crippen molar-refractivity contribution >= 4 is 40.1 Å². The maximum atomic E-state index is 13.6. The minimum absolute atomic E-state index is 0. The van der Waals surface area contributed by atoms with Crippen LogP contribution in [0.3, 0.4) is 0 Å². The van der Waals surface area contributed by atoms with Crippen LogP contribution in [-0.2, 0) is 4.79 Å². The summed E-state index contributed by atoms with van der Waals surface area (Å²) in [6.07, 6.45) is 0.186. The van der Waals surface area contributed by atoms with Gasteiger partial charge < -0.3 is 10.6 Å². The van der Waals surface area contributed by atoms with E-state index in [4.69, 9.17) is 0 Å². The highest BCUT2D eigenvalue weighted by atomic mass is 79.9. The van der Waals surface area contributed by atoms with E-state index in [1.54, 1.807) is 6.07 Å². The Bertz CT molecular complexity index is 484. The molecule has 1 aliphatic heterocycles. The fourth-order valence-electron chi connectivity index (χ4n) is 1.93. The van der Waals surface area contributed by atoms with Gasteiger partial charge in [0.25, 0.3) is 0 Å². The van der Waals surface area contributed by atoms with Crippen LogP contribution < -0.4 is 10.6 Å². The van der Waals surface area contributed by atoms with Gasteiger partial charge in [-0.1, -0.05) is 6.07 Å². The molecule has 0 aliphatic carbocycles. The summed E-state index contributed by atoms with van der Waals surface area (Å²) in [5, 5.41) is 5.60. The van der Waals surface area contributed by atoms with Crippen molar-refractivity contribution < 1.29 is 9.18 Å². The Kier molecular flexibility index (Phi) is 5.29. The van der Waals surface area contributed by atoms with E-state index in [0.29, 0.717) is 10.4 Å². The number of carbonyl (C=O) groups excluding carboxylic acids is 1. The first-order valence-corrected chi connectivity index (χ1v) is 6.53. The monoisotopic (exact) mass is 351 g/mol. The molecule has 106 valence electrons. The molecule has 2 atom stereocenters. The second kappa shape index (κ2) is 6.15. The topological polar surface area (TPSA) is 54.0 Å². The molecule has 1 saturated heterocycles. The van der Waals surface area contributed by atoms with E-state index in [1.807, 2.05) is 13.0 Å². The molecule has 0 saturated carbocycles. The molecule has 1 aromatic heterocycles. The number of carbonyl (C=O) groups is 1. The lowest BCUT2D eigenvalue weighted by atomic mass is 10.0. The van der Waals surface area contributed by atoms with E-state index in [2.05, 4.69) is 31.5 Å². The van der Waals surface area contributed by atoms with Gasteiger partial charge in [-0.2, -0.15) is 0 Å². The highest BCUT2D eigenvalue weighted by Gasteiger charge is 2.38. The number of nitrogens with one attached hydrogen (secondary N) is 2. The van der Waals surface area contributed by atoms with Gasteiger partial charge >= 0.3 is 0 Å². The van der Waals surface area contributed by atoms with Crippen molar-refractivity contribution in [2.75, 3.05) is 11.9 Å². The number of aryl methyl sites for hydroxylation is 1. The number of amides is 1. The summed E-state index contributed by atoms with van der Waals surface area (Å²) in [4.78, 5) is 16.2. The van der Waals surface area contributed by atoms with Crippen LogP contribution in [0.25, 0.3) is 0 Å². The van der Waals surface area contributed by atoms with Crippen molar-refractivity contribution in [3.8, 4) is 0 Å². The molecule has 0 spiro atoms. The third kappa shape index (κ3) is 4.12. The van der Waals surface area contributed by atoms with Crippen molar-refractivity contribution in [1.82, 2.24) is 10.3 Å².